The van der Waals surface area contributed by atoms with Crippen molar-refractivity contribution in [3.63, 3.8) is 0 Å². The summed E-state index contributed by atoms with van der Waals surface area (Å²) in [6.45, 7) is 3.83. The van der Waals surface area contributed by atoms with Gasteiger partial charge in [0.25, 0.3) is 5.91 Å². The van der Waals surface area contributed by atoms with Crippen LogP contribution in [-0.2, 0) is 9.53 Å². The van der Waals surface area contributed by atoms with E-state index in [4.69, 9.17) is 16.3 Å². The van der Waals surface area contributed by atoms with E-state index in [1.165, 1.54) is 0 Å². The van der Waals surface area contributed by atoms with Gasteiger partial charge in [-0.05, 0) is 36.2 Å². The van der Waals surface area contributed by atoms with Gasteiger partial charge < -0.3 is 15.0 Å². The standard InChI is InChI=1S/C22H25ClN2O3/c1-15-6-3-4-9-18(15)19-13-25(14-20(19)21(26)24-10-11-28-2)22(27)16-7-5-8-17(23)12-16/h3-9,12,19-20H,10-11,13-14H2,1-2H3,(H,24,26). The monoisotopic (exact) mass is 400 g/mol. The minimum atomic E-state index is -0.305. The Hall–Kier alpha value is -2.37. The first-order chi connectivity index (χ1) is 13.5. The van der Waals surface area contributed by atoms with E-state index in [-0.39, 0.29) is 23.7 Å². The first-order valence-corrected chi connectivity index (χ1v) is 9.76. The van der Waals surface area contributed by atoms with Crippen molar-refractivity contribution in [3.05, 3.63) is 70.2 Å². The van der Waals surface area contributed by atoms with E-state index >= 15 is 0 Å². The zero-order valence-electron chi connectivity index (χ0n) is 16.2. The van der Waals surface area contributed by atoms with Crippen LogP contribution >= 0.6 is 11.6 Å². The summed E-state index contributed by atoms with van der Waals surface area (Å²) in [7, 11) is 1.60. The Morgan fingerprint density at radius 2 is 1.96 bits per heavy atom. The fraction of sp³-hybridized carbons (Fsp3) is 0.364. The van der Waals surface area contributed by atoms with Crippen molar-refractivity contribution in [1.29, 1.82) is 0 Å². The summed E-state index contributed by atoms with van der Waals surface area (Å²) >= 11 is 6.04. The summed E-state index contributed by atoms with van der Waals surface area (Å²) < 4.78 is 5.02. The minimum absolute atomic E-state index is 0.0492. The fourth-order valence-corrected chi connectivity index (χ4v) is 3.96. The Morgan fingerprint density at radius 3 is 2.68 bits per heavy atom. The molecular formula is C22H25ClN2O3. The van der Waals surface area contributed by atoms with Gasteiger partial charge >= 0.3 is 0 Å². The Bertz CT molecular complexity index is 855. The number of likely N-dealkylation sites (tertiary alicyclic amines) is 1. The molecule has 0 aliphatic carbocycles. The van der Waals surface area contributed by atoms with Crippen LogP contribution in [0.2, 0.25) is 5.02 Å². The molecular weight excluding hydrogens is 376 g/mol. The molecule has 2 aromatic rings. The van der Waals surface area contributed by atoms with Gasteiger partial charge in [-0.2, -0.15) is 0 Å². The smallest absolute Gasteiger partial charge is 0.253 e. The largest absolute Gasteiger partial charge is 0.383 e. The van der Waals surface area contributed by atoms with Crippen molar-refractivity contribution in [1.82, 2.24) is 10.2 Å². The Labute approximate surface area is 170 Å². The third kappa shape index (κ3) is 4.54. The first kappa shape index (κ1) is 20.4. The van der Waals surface area contributed by atoms with Gasteiger partial charge in [0.1, 0.15) is 0 Å². The number of carbonyl (C=O) groups is 2. The summed E-state index contributed by atoms with van der Waals surface area (Å²) in [6.07, 6.45) is 0. The summed E-state index contributed by atoms with van der Waals surface area (Å²) in [6, 6.07) is 15.0. The van der Waals surface area contributed by atoms with Crippen LogP contribution < -0.4 is 5.32 Å². The average Bonchev–Trinajstić information content (AvgIpc) is 3.13. The number of rotatable bonds is 6. The maximum Gasteiger partial charge on any atom is 0.253 e. The Kier molecular flexibility index (Phi) is 6.70. The molecule has 0 aromatic heterocycles. The number of benzene rings is 2. The molecule has 1 saturated heterocycles. The second-order valence-corrected chi connectivity index (χ2v) is 7.51. The molecule has 1 aliphatic heterocycles. The molecule has 1 fully saturated rings. The molecule has 0 bridgehead atoms. The van der Waals surface area contributed by atoms with Gasteiger partial charge in [-0.1, -0.05) is 41.9 Å². The number of nitrogens with one attached hydrogen (secondary N) is 1. The predicted octanol–water partition coefficient (Wildman–Crippen LogP) is 3.27. The highest BCUT2D eigenvalue weighted by Gasteiger charge is 2.40. The van der Waals surface area contributed by atoms with Crippen LogP contribution in [-0.4, -0.2) is 50.1 Å². The number of methoxy groups -OCH3 is 1. The van der Waals surface area contributed by atoms with Crippen molar-refractivity contribution < 1.29 is 14.3 Å². The molecule has 6 heteroatoms. The topological polar surface area (TPSA) is 58.6 Å². The van der Waals surface area contributed by atoms with E-state index in [1.807, 2.05) is 31.2 Å². The van der Waals surface area contributed by atoms with Crippen LogP contribution in [0.15, 0.2) is 48.5 Å². The minimum Gasteiger partial charge on any atom is -0.383 e. The van der Waals surface area contributed by atoms with Crippen LogP contribution in [0.4, 0.5) is 0 Å². The molecule has 1 heterocycles. The number of hydrogen-bond donors (Lipinski definition) is 1. The SMILES string of the molecule is COCCNC(=O)C1CN(C(=O)c2cccc(Cl)c2)CC1c1ccccc1C. The maximum absolute atomic E-state index is 13.0. The second-order valence-electron chi connectivity index (χ2n) is 7.07. The van der Waals surface area contributed by atoms with Crippen LogP contribution in [0.5, 0.6) is 0 Å². The van der Waals surface area contributed by atoms with Gasteiger partial charge in [0, 0.05) is 43.2 Å². The third-order valence-corrected chi connectivity index (χ3v) is 5.44. The van der Waals surface area contributed by atoms with Crippen molar-refractivity contribution in [2.75, 3.05) is 33.4 Å². The number of aryl methyl sites for hydroxylation is 1. The number of halogens is 1. The molecule has 0 radical (unpaired) electrons. The van der Waals surface area contributed by atoms with Crippen molar-refractivity contribution in [2.24, 2.45) is 5.92 Å². The van der Waals surface area contributed by atoms with Gasteiger partial charge in [-0.25, -0.2) is 0 Å². The Balaban J connectivity index is 1.84. The number of ether oxygens (including phenoxy) is 1. The van der Waals surface area contributed by atoms with Crippen LogP contribution in [0.1, 0.15) is 27.4 Å². The van der Waals surface area contributed by atoms with E-state index in [9.17, 15) is 9.59 Å². The van der Waals surface area contributed by atoms with Gasteiger partial charge in [0.05, 0.1) is 12.5 Å². The molecule has 3 rings (SSSR count). The summed E-state index contributed by atoms with van der Waals surface area (Å²) in [4.78, 5) is 27.6. The normalized spacial score (nSPS) is 18.9. The lowest BCUT2D eigenvalue weighted by Gasteiger charge is -2.19. The van der Waals surface area contributed by atoms with Gasteiger partial charge in [0.15, 0.2) is 0 Å². The molecule has 0 spiro atoms. The Morgan fingerprint density at radius 1 is 1.18 bits per heavy atom. The highest BCUT2D eigenvalue weighted by molar-refractivity contribution is 6.30. The van der Waals surface area contributed by atoms with Gasteiger partial charge in [0.2, 0.25) is 5.91 Å². The third-order valence-electron chi connectivity index (χ3n) is 5.21. The lowest BCUT2D eigenvalue weighted by atomic mass is 9.86. The van der Waals surface area contributed by atoms with Crippen molar-refractivity contribution >= 4 is 23.4 Å². The van der Waals surface area contributed by atoms with Crippen molar-refractivity contribution in [3.8, 4) is 0 Å². The van der Waals surface area contributed by atoms with E-state index < -0.39 is 0 Å². The van der Waals surface area contributed by atoms with Gasteiger partial charge in [-0.15, -0.1) is 0 Å². The number of amides is 2. The van der Waals surface area contributed by atoms with E-state index in [0.717, 1.165) is 11.1 Å². The molecule has 5 nitrogen and oxygen atoms in total. The highest BCUT2D eigenvalue weighted by Crippen LogP contribution is 2.35. The molecule has 28 heavy (non-hydrogen) atoms. The van der Waals surface area contributed by atoms with E-state index in [0.29, 0.717) is 36.8 Å². The number of hydrogen-bond acceptors (Lipinski definition) is 3. The first-order valence-electron chi connectivity index (χ1n) is 9.38. The fourth-order valence-electron chi connectivity index (χ4n) is 3.76. The van der Waals surface area contributed by atoms with Gasteiger partial charge in [-0.3, -0.25) is 9.59 Å². The highest BCUT2D eigenvalue weighted by atomic mass is 35.5. The van der Waals surface area contributed by atoms with Crippen LogP contribution in [0.25, 0.3) is 0 Å². The number of carbonyl (C=O) groups excluding carboxylic acids is 2. The quantitative estimate of drug-likeness (QED) is 0.757. The summed E-state index contributed by atoms with van der Waals surface area (Å²) in [5, 5.41) is 3.45. The zero-order chi connectivity index (χ0) is 20.1. The van der Waals surface area contributed by atoms with E-state index in [2.05, 4.69) is 5.32 Å². The maximum atomic E-state index is 13.0. The lowest BCUT2D eigenvalue weighted by molar-refractivity contribution is -0.125. The zero-order valence-corrected chi connectivity index (χ0v) is 16.9. The predicted molar refractivity (Wildman–Crippen MR) is 110 cm³/mol. The summed E-state index contributed by atoms with van der Waals surface area (Å²) in [5.41, 5.74) is 2.77. The molecule has 2 aromatic carbocycles. The van der Waals surface area contributed by atoms with E-state index in [1.54, 1.807) is 36.3 Å². The second kappa shape index (κ2) is 9.22. The lowest BCUT2D eigenvalue weighted by Crippen LogP contribution is -2.37. The molecule has 1 aliphatic rings. The van der Waals surface area contributed by atoms with Crippen LogP contribution in [0.3, 0.4) is 0 Å². The molecule has 2 amide bonds. The molecule has 0 saturated carbocycles. The number of nitrogens with zero attached hydrogens (tertiary/aromatic N) is 1. The van der Waals surface area contributed by atoms with Crippen molar-refractivity contribution in [2.45, 2.75) is 12.8 Å². The molecule has 1 N–H and O–H groups in total. The van der Waals surface area contributed by atoms with Crippen LogP contribution in [0, 0.1) is 12.8 Å². The molecule has 2 unspecified atom stereocenters. The molecule has 2 atom stereocenters. The summed E-state index contributed by atoms with van der Waals surface area (Å²) in [5.74, 6) is -0.507. The molecule has 148 valence electrons. The average molecular weight is 401 g/mol.